The number of carbonyl (C=O) groups is 1. The van der Waals surface area contributed by atoms with Crippen LogP contribution in [0.15, 0.2) is 0 Å². The quantitative estimate of drug-likeness (QED) is 0.839. The molecule has 0 saturated carbocycles. The highest BCUT2D eigenvalue weighted by molar-refractivity contribution is 5.96. The summed E-state index contributed by atoms with van der Waals surface area (Å²) in [5, 5.41) is 7.03. The van der Waals surface area contributed by atoms with E-state index in [1.807, 2.05) is 18.7 Å². The fourth-order valence-electron chi connectivity index (χ4n) is 3.53. The summed E-state index contributed by atoms with van der Waals surface area (Å²) in [6.45, 7) is 7.60. The number of H-pyrrole nitrogens is 1. The Bertz CT molecular complexity index is 499. The number of aryl methyl sites for hydroxylation is 2. The lowest BCUT2D eigenvalue weighted by atomic mass is 10.0. The summed E-state index contributed by atoms with van der Waals surface area (Å²) in [4.78, 5) is 17.1. The van der Waals surface area contributed by atoms with Crippen LogP contribution in [0.1, 0.15) is 41.0 Å². The molecular weight excluding hydrogens is 266 g/mol. The average molecular weight is 291 g/mol. The van der Waals surface area contributed by atoms with E-state index in [2.05, 4.69) is 15.1 Å². The number of piperidine rings is 1. The predicted octanol–water partition coefficient (Wildman–Crippen LogP) is 0.664. The van der Waals surface area contributed by atoms with E-state index >= 15 is 0 Å². The second-order valence-corrected chi connectivity index (χ2v) is 6.38. The Labute approximate surface area is 125 Å². The van der Waals surface area contributed by atoms with Crippen molar-refractivity contribution in [3.05, 3.63) is 17.0 Å². The van der Waals surface area contributed by atoms with Crippen molar-refractivity contribution in [3.63, 3.8) is 0 Å². The van der Waals surface area contributed by atoms with E-state index < -0.39 is 0 Å². The number of nitrogens with zero attached hydrogens (tertiary/aromatic N) is 3. The molecule has 116 valence electrons. The first-order valence-electron chi connectivity index (χ1n) is 7.86. The number of amides is 1. The summed E-state index contributed by atoms with van der Waals surface area (Å²) in [6, 6.07) is 0.852. The first kappa shape index (κ1) is 14.5. The fraction of sp³-hybridized carbons (Fsp3) is 0.733. The number of nitrogens with two attached hydrogens (primary N) is 1. The fourth-order valence-corrected chi connectivity index (χ4v) is 3.53. The maximum Gasteiger partial charge on any atom is 0.257 e. The number of nitrogens with one attached hydrogen (secondary N) is 1. The molecule has 0 bridgehead atoms. The molecule has 3 N–H and O–H groups in total. The lowest BCUT2D eigenvalue weighted by Gasteiger charge is -2.34. The molecule has 2 saturated heterocycles. The minimum absolute atomic E-state index is 0.120. The van der Waals surface area contributed by atoms with Gasteiger partial charge in [0.2, 0.25) is 0 Å². The van der Waals surface area contributed by atoms with Gasteiger partial charge in [-0.05, 0) is 46.2 Å². The molecule has 0 aromatic carbocycles. The molecule has 0 aliphatic carbocycles. The Kier molecular flexibility index (Phi) is 3.99. The van der Waals surface area contributed by atoms with Gasteiger partial charge in [-0.1, -0.05) is 0 Å². The number of aromatic amines is 1. The minimum Gasteiger partial charge on any atom is -0.337 e. The molecular formula is C15H25N5O. The summed E-state index contributed by atoms with van der Waals surface area (Å²) >= 11 is 0. The second-order valence-electron chi connectivity index (χ2n) is 6.38. The molecule has 2 aliphatic heterocycles. The summed E-state index contributed by atoms with van der Waals surface area (Å²) in [6.07, 6.45) is 3.21. The van der Waals surface area contributed by atoms with E-state index in [0.717, 1.165) is 62.4 Å². The number of aromatic nitrogens is 2. The highest BCUT2D eigenvalue weighted by Crippen LogP contribution is 2.22. The second kappa shape index (κ2) is 5.77. The Balaban J connectivity index is 1.63. The summed E-state index contributed by atoms with van der Waals surface area (Å²) < 4.78 is 0. The minimum atomic E-state index is 0.120. The molecule has 1 atom stereocenters. The van der Waals surface area contributed by atoms with Gasteiger partial charge in [-0.15, -0.1) is 0 Å². The van der Waals surface area contributed by atoms with E-state index in [4.69, 9.17) is 5.73 Å². The zero-order valence-electron chi connectivity index (χ0n) is 12.9. The van der Waals surface area contributed by atoms with Gasteiger partial charge < -0.3 is 10.6 Å². The van der Waals surface area contributed by atoms with E-state index in [9.17, 15) is 4.79 Å². The van der Waals surface area contributed by atoms with Gasteiger partial charge in [-0.25, -0.2) is 0 Å². The van der Waals surface area contributed by atoms with E-state index in [0.29, 0.717) is 12.1 Å². The van der Waals surface area contributed by atoms with Crippen molar-refractivity contribution in [1.29, 1.82) is 0 Å². The first-order valence-corrected chi connectivity index (χ1v) is 7.86. The molecule has 21 heavy (non-hydrogen) atoms. The molecule has 1 unspecified atom stereocenters. The third-order valence-electron chi connectivity index (χ3n) is 4.88. The van der Waals surface area contributed by atoms with Gasteiger partial charge in [0.15, 0.2) is 0 Å². The van der Waals surface area contributed by atoms with Crippen molar-refractivity contribution in [2.24, 2.45) is 5.73 Å². The van der Waals surface area contributed by atoms with Crippen LogP contribution in [-0.2, 0) is 0 Å². The molecule has 2 aliphatic rings. The van der Waals surface area contributed by atoms with E-state index in [-0.39, 0.29) is 5.91 Å². The molecule has 6 nitrogen and oxygen atoms in total. The molecule has 1 aromatic heterocycles. The number of hydrogen-bond acceptors (Lipinski definition) is 4. The predicted molar refractivity (Wildman–Crippen MR) is 81.2 cm³/mol. The van der Waals surface area contributed by atoms with Gasteiger partial charge in [0, 0.05) is 30.9 Å². The largest absolute Gasteiger partial charge is 0.337 e. The highest BCUT2D eigenvalue weighted by atomic mass is 16.2. The van der Waals surface area contributed by atoms with Gasteiger partial charge in [-0.2, -0.15) is 5.10 Å². The smallest absolute Gasteiger partial charge is 0.257 e. The van der Waals surface area contributed by atoms with Crippen LogP contribution in [0.2, 0.25) is 0 Å². The number of carbonyl (C=O) groups excluding carboxylic acids is 1. The van der Waals surface area contributed by atoms with Gasteiger partial charge in [0.05, 0.1) is 11.3 Å². The Morgan fingerprint density at radius 2 is 1.95 bits per heavy atom. The maximum atomic E-state index is 12.7. The van der Waals surface area contributed by atoms with Crippen molar-refractivity contribution in [2.45, 2.75) is 45.2 Å². The van der Waals surface area contributed by atoms with Crippen LogP contribution >= 0.6 is 0 Å². The lowest BCUT2D eigenvalue weighted by Crippen LogP contribution is -2.46. The van der Waals surface area contributed by atoms with Crippen molar-refractivity contribution >= 4 is 5.91 Å². The van der Waals surface area contributed by atoms with Gasteiger partial charge >= 0.3 is 0 Å². The molecule has 3 heterocycles. The molecule has 3 rings (SSSR count). The number of hydrogen-bond donors (Lipinski definition) is 2. The summed E-state index contributed by atoms with van der Waals surface area (Å²) in [5.74, 6) is 0.120. The number of rotatable bonds is 2. The van der Waals surface area contributed by atoms with E-state index in [1.54, 1.807) is 0 Å². The molecule has 0 radical (unpaired) electrons. The van der Waals surface area contributed by atoms with Crippen LogP contribution in [-0.4, -0.2) is 64.2 Å². The normalized spacial score (nSPS) is 24.7. The Hall–Kier alpha value is -1.40. The molecule has 6 heteroatoms. The van der Waals surface area contributed by atoms with Crippen LogP contribution < -0.4 is 5.73 Å². The van der Waals surface area contributed by atoms with Crippen LogP contribution in [0.3, 0.4) is 0 Å². The standard InChI is InChI=1S/C15H25N5O/c1-10-14(11(2)18-17-10)15(21)20-8-5-13(9-20)19-6-3-12(16)4-7-19/h12-13H,3-9,16H2,1-2H3,(H,17,18). The maximum absolute atomic E-state index is 12.7. The van der Waals surface area contributed by atoms with Crippen LogP contribution in [0.25, 0.3) is 0 Å². The van der Waals surface area contributed by atoms with Gasteiger partial charge in [-0.3, -0.25) is 14.8 Å². The van der Waals surface area contributed by atoms with Crippen LogP contribution in [0.5, 0.6) is 0 Å². The zero-order chi connectivity index (χ0) is 15.0. The summed E-state index contributed by atoms with van der Waals surface area (Å²) in [5.41, 5.74) is 8.38. The monoisotopic (exact) mass is 291 g/mol. The first-order chi connectivity index (χ1) is 10.1. The van der Waals surface area contributed by atoms with Gasteiger partial charge in [0.1, 0.15) is 0 Å². The Morgan fingerprint density at radius 3 is 2.57 bits per heavy atom. The lowest BCUT2D eigenvalue weighted by molar-refractivity contribution is 0.0768. The molecule has 0 spiro atoms. The molecule has 2 fully saturated rings. The molecule has 1 amide bonds. The average Bonchev–Trinajstić information content (AvgIpc) is 3.07. The zero-order valence-corrected chi connectivity index (χ0v) is 12.9. The molecule has 1 aromatic rings. The van der Waals surface area contributed by atoms with Crippen molar-refractivity contribution in [1.82, 2.24) is 20.0 Å². The van der Waals surface area contributed by atoms with Crippen LogP contribution in [0.4, 0.5) is 0 Å². The SMILES string of the molecule is Cc1n[nH]c(C)c1C(=O)N1CCC(N2CCC(N)CC2)C1. The third-order valence-corrected chi connectivity index (χ3v) is 4.88. The van der Waals surface area contributed by atoms with Crippen molar-refractivity contribution in [3.8, 4) is 0 Å². The third kappa shape index (κ3) is 2.82. The highest BCUT2D eigenvalue weighted by Gasteiger charge is 2.33. The van der Waals surface area contributed by atoms with Crippen LogP contribution in [0, 0.1) is 13.8 Å². The van der Waals surface area contributed by atoms with Crippen molar-refractivity contribution in [2.75, 3.05) is 26.2 Å². The summed E-state index contributed by atoms with van der Waals surface area (Å²) in [7, 11) is 0. The topological polar surface area (TPSA) is 78.2 Å². The van der Waals surface area contributed by atoms with Crippen molar-refractivity contribution < 1.29 is 4.79 Å². The van der Waals surface area contributed by atoms with E-state index in [1.165, 1.54) is 0 Å². The Morgan fingerprint density at radius 1 is 1.24 bits per heavy atom. The van der Waals surface area contributed by atoms with Gasteiger partial charge in [0.25, 0.3) is 5.91 Å². The number of likely N-dealkylation sites (tertiary alicyclic amines) is 2.